The van der Waals surface area contributed by atoms with E-state index in [9.17, 15) is 24.5 Å². The lowest BCUT2D eigenvalue weighted by molar-refractivity contribution is -0.167. The van der Waals surface area contributed by atoms with Gasteiger partial charge >= 0.3 is 5.69 Å². The van der Waals surface area contributed by atoms with Gasteiger partial charge in [0.15, 0.2) is 6.23 Å². The molecule has 106 valence electrons. The number of halogens is 1. The Labute approximate surface area is 106 Å². The largest absolute Gasteiger partial charge is 0.391 e. The minimum Gasteiger partial charge on any atom is -0.391 e. The molecule has 0 unspecified atom stereocenters. The summed E-state index contributed by atoms with van der Waals surface area (Å²) in [5.41, 5.74) is -0.669. The number of aliphatic hydroxyl groups excluding tert-OH is 2. The van der Waals surface area contributed by atoms with Gasteiger partial charge in [-0.05, 0) is 13.0 Å². The van der Waals surface area contributed by atoms with Crippen LogP contribution in [0.4, 0.5) is 10.2 Å². The summed E-state index contributed by atoms with van der Waals surface area (Å²) >= 11 is 0. The fourth-order valence-corrected chi connectivity index (χ4v) is 1.82. The van der Waals surface area contributed by atoms with E-state index in [4.69, 9.17) is 4.74 Å². The number of ether oxygens (including phenoxy) is 1. The van der Waals surface area contributed by atoms with E-state index in [1.54, 1.807) is 0 Å². The maximum Gasteiger partial charge on any atom is 0.346 e. The van der Waals surface area contributed by atoms with Crippen LogP contribution in [0.25, 0.3) is 0 Å². The Hall–Kier alpha value is -1.55. The number of anilines is 1. The van der Waals surface area contributed by atoms with Crippen molar-refractivity contribution >= 4 is 5.82 Å². The lowest BCUT2D eigenvalue weighted by Crippen LogP contribution is -2.48. The molecule has 1 fully saturated rings. The fourth-order valence-electron chi connectivity index (χ4n) is 1.82. The third-order valence-electron chi connectivity index (χ3n) is 2.82. The van der Waals surface area contributed by atoms with E-state index in [1.807, 2.05) is 0 Å². The standard InChI is InChI=1S/C10H14FN3O5/c1-4(15)6-7(16)10(11,18)8(19-6)13-5-2-3-12-9(17)14-5/h2-4,6-8,15-16,18H,1H3,(H2,12,13,14,17)/t4-,6-,7-,8-,10+/m1/s1. The molecule has 1 aromatic rings. The Kier molecular flexibility index (Phi) is 3.54. The number of aromatic nitrogens is 2. The Balaban J connectivity index is 2.19. The number of hydrogen-bond donors (Lipinski definition) is 5. The average Bonchev–Trinajstić information content (AvgIpc) is 2.53. The first kappa shape index (κ1) is 13.9. The predicted molar refractivity (Wildman–Crippen MR) is 60.9 cm³/mol. The zero-order valence-electron chi connectivity index (χ0n) is 9.95. The third-order valence-corrected chi connectivity index (χ3v) is 2.82. The second-order valence-electron chi connectivity index (χ2n) is 4.33. The van der Waals surface area contributed by atoms with Crippen LogP contribution in [-0.4, -0.2) is 55.7 Å². The fraction of sp³-hybridized carbons (Fsp3) is 0.600. The summed E-state index contributed by atoms with van der Waals surface area (Å²) in [5.74, 6) is -3.05. The van der Waals surface area contributed by atoms with Gasteiger partial charge in [-0.1, -0.05) is 0 Å². The number of alkyl halides is 1. The molecule has 0 radical (unpaired) electrons. The summed E-state index contributed by atoms with van der Waals surface area (Å²) in [7, 11) is 0. The Bertz CT molecular complexity index is 506. The van der Waals surface area contributed by atoms with Crippen LogP contribution in [0.3, 0.4) is 0 Å². The van der Waals surface area contributed by atoms with Crippen LogP contribution in [0, 0.1) is 0 Å². The van der Waals surface area contributed by atoms with Gasteiger partial charge in [0.1, 0.15) is 18.0 Å². The summed E-state index contributed by atoms with van der Waals surface area (Å²) in [6.45, 7) is 1.29. The molecule has 1 aliphatic heterocycles. The highest BCUT2D eigenvalue weighted by molar-refractivity contribution is 5.33. The van der Waals surface area contributed by atoms with Crippen molar-refractivity contribution in [3.8, 4) is 0 Å². The Morgan fingerprint density at radius 3 is 2.89 bits per heavy atom. The number of nitrogens with zero attached hydrogens (tertiary/aromatic N) is 1. The van der Waals surface area contributed by atoms with Gasteiger partial charge in [-0.2, -0.15) is 0 Å². The zero-order chi connectivity index (χ0) is 14.2. The Morgan fingerprint density at radius 2 is 2.37 bits per heavy atom. The van der Waals surface area contributed by atoms with E-state index in [2.05, 4.69) is 15.3 Å². The molecule has 0 bridgehead atoms. The van der Waals surface area contributed by atoms with E-state index < -0.39 is 36.1 Å². The van der Waals surface area contributed by atoms with Gasteiger partial charge in [0, 0.05) is 6.20 Å². The molecule has 1 aromatic heterocycles. The van der Waals surface area contributed by atoms with Gasteiger partial charge in [0.25, 0.3) is 5.85 Å². The van der Waals surface area contributed by atoms with E-state index in [0.717, 1.165) is 0 Å². The number of nitrogens with one attached hydrogen (secondary N) is 2. The smallest absolute Gasteiger partial charge is 0.346 e. The van der Waals surface area contributed by atoms with Gasteiger partial charge in [-0.25, -0.2) is 14.2 Å². The van der Waals surface area contributed by atoms with Gasteiger partial charge < -0.3 is 25.4 Å². The molecular formula is C10H14FN3O5. The third kappa shape index (κ3) is 2.59. The molecule has 1 aliphatic rings. The highest BCUT2D eigenvalue weighted by Crippen LogP contribution is 2.34. The molecule has 5 atom stereocenters. The van der Waals surface area contributed by atoms with Crippen LogP contribution in [0.5, 0.6) is 0 Å². The second kappa shape index (κ2) is 4.85. The molecule has 1 saturated heterocycles. The maximum absolute atomic E-state index is 14.0. The molecule has 0 aliphatic carbocycles. The van der Waals surface area contributed by atoms with Crippen LogP contribution < -0.4 is 11.0 Å². The number of aliphatic hydroxyl groups is 3. The minimum absolute atomic E-state index is 0.0551. The highest BCUT2D eigenvalue weighted by atomic mass is 19.2. The molecule has 0 spiro atoms. The SMILES string of the molecule is C[C@@H](O)[C@H]1O[C@@H](Nc2ccnc(=O)[nH]2)[C@](O)(F)[C@@H]1O. The first-order valence-corrected chi connectivity index (χ1v) is 5.57. The topological polar surface area (TPSA) is 128 Å². The highest BCUT2D eigenvalue weighted by Gasteiger charge is 2.58. The first-order chi connectivity index (χ1) is 8.82. The average molecular weight is 275 g/mol. The van der Waals surface area contributed by atoms with Crippen LogP contribution in [-0.2, 0) is 4.74 Å². The van der Waals surface area contributed by atoms with Crippen LogP contribution >= 0.6 is 0 Å². The molecule has 2 rings (SSSR count). The summed E-state index contributed by atoms with van der Waals surface area (Å²) in [6, 6.07) is 1.32. The normalized spacial score (nSPS) is 36.2. The summed E-state index contributed by atoms with van der Waals surface area (Å²) < 4.78 is 19.0. The summed E-state index contributed by atoms with van der Waals surface area (Å²) in [5, 5.41) is 30.8. The number of hydrogen-bond acceptors (Lipinski definition) is 7. The van der Waals surface area contributed by atoms with Crippen molar-refractivity contribution in [2.45, 2.75) is 37.3 Å². The van der Waals surface area contributed by atoms with Gasteiger partial charge in [0.05, 0.1) is 6.10 Å². The summed E-state index contributed by atoms with van der Waals surface area (Å²) in [6.07, 6.45) is -4.85. The van der Waals surface area contributed by atoms with Gasteiger partial charge in [-0.3, -0.25) is 4.98 Å². The van der Waals surface area contributed by atoms with E-state index in [1.165, 1.54) is 19.2 Å². The first-order valence-electron chi connectivity index (χ1n) is 5.57. The van der Waals surface area contributed by atoms with Crippen molar-refractivity contribution in [3.63, 3.8) is 0 Å². The lowest BCUT2D eigenvalue weighted by atomic mass is 10.1. The minimum atomic E-state index is -3.11. The summed E-state index contributed by atoms with van der Waals surface area (Å²) in [4.78, 5) is 16.6. The quantitative estimate of drug-likeness (QED) is 0.445. The van der Waals surface area contributed by atoms with Crippen molar-refractivity contribution in [1.82, 2.24) is 9.97 Å². The van der Waals surface area contributed by atoms with E-state index >= 15 is 0 Å². The Morgan fingerprint density at radius 1 is 1.68 bits per heavy atom. The van der Waals surface area contributed by atoms with Crippen LogP contribution in [0.2, 0.25) is 0 Å². The monoisotopic (exact) mass is 275 g/mol. The molecule has 19 heavy (non-hydrogen) atoms. The molecular weight excluding hydrogens is 261 g/mol. The molecule has 8 nitrogen and oxygen atoms in total. The van der Waals surface area contributed by atoms with Crippen molar-refractivity contribution in [3.05, 3.63) is 22.7 Å². The predicted octanol–water partition coefficient (Wildman–Crippen LogP) is -1.69. The van der Waals surface area contributed by atoms with Gasteiger partial charge in [-0.15, -0.1) is 0 Å². The lowest BCUT2D eigenvalue weighted by Gasteiger charge is -2.23. The van der Waals surface area contributed by atoms with Crippen LogP contribution in [0.1, 0.15) is 6.92 Å². The van der Waals surface area contributed by atoms with Crippen LogP contribution in [0.15, 0.2) is 17.1 Å². The van der Waals surface area contributed by atoms with E-state index in [0.29, 0.717) is 0 Å². The maximum atomic E-state index is 14.0. The molecule has 5 N–H and O–H groups in total. The zero-order valence-corrected chi connectivity index (χ0v) is 9.95. The van der Waals surface area contributed by atoms with Crippen molar-refractivity contribution in [2.75, 3.05) is 5.32 Å². The molecule has 0 amide bonds. The van der Waals surface area contributed by atoms with Crippen molar-refractivity contribution in [1.29, 1.82) is 0 Å². The van der Waals surface area contributed by atoms with Gasteiger partial charge in [0.2, 0.25) is 0 Å². The molecule has 2 heterocycles. The number of H-pyrrole nitrogens is 1. The number of aromatic amines is 1. The second-order valence-corrected chi connectivity index (χ2v) is 4.33. The molecule has 0 saturated carbocycles. The molecule has 9 heteroatoms. The molecule has 0 aromatic carbocycles. The number of rotatable bonds is 3. The van der Waals surface area contributed by atoms with E-state index in [-0.39, 0.29) is 5.82 Å². The van der Waals surface area contributed by atoms with Crippen molar-refractivity contribution < 1.29 is 24.4 Å². The van der Waals surface area contributed by atoms with Crippen molar-refractivity contribution in [2.24, 2.45) is 0 Å².